The molecular weight excluding hydrogens is 242 g/mol. The molecule has 0 aliphatic heterocycles. The summed E-state index contributed by atoms with van der Waals surface area (Å²) >= 11 is 0. The lowest BCUT2D eigenvalue weighted by Crippen LogP contribution is -2.35. The molecule has 1 rings (SSSR count). The van der Waals surface area contributed by atoms with Crippen LogP contribution < -0.4 is 15.8 Å². The Balaban J connectivity index is 2.65. The van der Waals surface area contributed by atoms with Crippen LogP contribution in [0.5, 0.6) is 5.88 Å². The van der Waals surface area contributed by atoms with E-state index in [9.17, 15) is 5.11 Å². The van der Waals surface area contributed by atoms with Crippen LogP contribution in [0.2, 0.25) is 0 Å². The molecule has 0 saturated carbocycles. The van der Waals surface area contributed by atoms with Crippen LogP contribution >= 0.6 is 0 Å². The number of aliphatic hydroxyl groups is 1. The van der Waals surface area contributed by atoms with Gasteiger partial charge in [0.25, 0.3) is 0 Å². The first kappa shape index (κ1) is 15.6. The zero-order valence-electron chi connectivity index (χ0n) is 12.2. The quantitative estimate of drug-likeness (QED) is 0.706. The summed E-state index contributed by atoms with van der Waals surface area (Å²) in [6.07, 6.45) is 0.729. The van der Waals surface area contributed by atoms with E-state index in [0.717, 1.165) is 6.42 Å². The molecule has 0 spiro atoms. The van der Waals surface area contributed by atoms with E-state index in [-0.39, 0.29) is 0 Å². The summed E-state index contributed by atoms with van der Waals surface area (Å²) in [5.74, 6) is 1.52. The number of nitrogen functional groups attached to an aromatic ring is 1. The average Bonchev–Trinajstić information content (AvgIpc) is 2.29. The van der Waals surface area contributed by atoms with Gasteiger partial charge in [-0.2, -0.15) is 4.98 Å². The zero-order valence-corrected chi connectivity index (χ0v) is 12.2. The summed E-state index contributed by atoms with van der Waals surface area (Å²) in [6, 6.07) is 3.53. The fourth-order valence-corrected chi connectivity index (χ4v) is 2.03. The van der Waals surface area contributed by atoms with Crippen molar-refractivity contribution in [2.45, 2.75) is 39.7 Å². The first-order valence-corrected chi connectivity index (χ1v) is 6.69. The molecule has 1 heterocycles. The number of hydrogen-bond donors (Lipinski definition) is 3. The first-order valence-electron chi connectivity index (χ1n) is 6.69. The minimum Gasteiger partial charge on any atom is -0.476 e. The van der Waals surface area contributed by atoms with Gasteiger partial charge in [0.2, 0.25) is 5.88 Å². The fourth-order valence-electron chi connectivity index (χ4n) is 2.03. The lowest BCUT2D eigenvalue weighted by molar-refractivity contribution is 0.0514. The number of nitrogens with two attached hydrogens (primary N) is 1. The Morgan fingerprint density at radius 1 is 1.47 bits per heavy atom. The standard InChI is InChI=1S/C14H25N3O2/c1-5-19-13-11(15)6-7-12(17-13)16-9-14(4,18)8-10(2)3/h6-7,10,18H,5,8-9,15H2,1-4H3,(H,16,17). The van der Waals surface area contributed by atoms with Crippen LogP contribution in [-0.4, -0.2) is 28.8 Å². The Labute approximate surface area is 115 Å². The van der Waals surface area contributed by atoms with Crippen LogP contribution in [0.4, 0.5) is 11.5 Å². The van der Waals surface area contributed by atoms with Crippen molar-refractivity contribution >= 4 is 11.5 Å². The fraction of sp³-hybridized carbons (Fsp3) is 0.643. The largest absolute Gasteiger partial charge is 0.476 e. The van der Waals surface area contributed by atoms with Crippen molar-refractivity contribution < 1.29 is 9.84 Å². The van der Waals surface area contributed by atoms with Gasteiger partial charge >= 0.3 is 0 Å². The summed E-state index contributed by atoms with van der Waals surface area (Å²) in [6.45, 7) is 8.83. The van der Waals surface area contributed by atoms with Gasteiger partial charge in [-0.15, -0.1) is 0 Å². The van der Waals surface area contributed by atoms with Crippen LogP contribution in [0.1, 0.15) is 34.1 Å². The monoisotopic (exact) mass is 267 g/mol. The van der Waals surface area contributed by atoms with E-state index in [1.165, 1.54) is 0 Å². The molecule has 108 valence electrons. The Bertz CT molecular complexity index is 406. The molecule has 0 radical (unpaired) electrons. The van der Waals surface area contributed by atoms with Crippen molar-refractivity contribution in [3.05, 3.63) is 12.1 Å². The van der Waals surface area contributed by atoms with E-state index < -0.39 is 5.60 Å². The number of pyridine rings is 1. The molecule has 0 aliphatic rings. The van der Waals surface area contributed by atoms with Gasteiger partial charge < -0.3 is 20.9 Å². The van der Waals surface area contributed by atoms with E-state index >= 15 is 0 Å². The molecule has 0 aromatic carbocycles. The number of rotatable bonds is 7. The van der Waals surface area contributed by atoms with Crippen LogP contribution in [-0.2, 0) is 0 Å². The number of nitrogens with one attached hydrogen (secondary N) is 1. The third-order valence-corrected chi connectivity index (χ3v) is 2.67. The zero-order chi connectivity index (χ0) is 14.5. The third kappa shape index (κ3) is 5.34. The summed E-state index contributed by atoms with van der Waals surface area (Å²) < 4.78 is 5.34. The average molecular weight is 267 g/mol. The lowest BCUT2D eigenvalue weighted by atomic mass is 9.94. The molecule has 0 amide bonds. The second-order valence-corrected chi connectivity index (χ2v) is 5.47. The van der Waals surface area contributed by atoms with Gasteiger partial charge in [0.05, 0.1) is 17.9 Å². The molecular formula is C14H25N3O2. The second kappa shape index (κ2) is 6.61. The molecule has 1 unspecified atom stereocenters. The van der Waals surface area contributed by atoms with Crippen molar-refractivity contribution in [3.63, 3.8) is 0 Å². The Morgan fingerprint density at radius 2 is 2.16 bits per heavy atom. The molecule has 19 heavy (non-hydrogen) atoms. The van der Waals surface area contributed by atoms with E-state index in [4.69, 9.17) is 10.5 Å². The van der Waals surface area contributed by atoms with Gasteiger partial charge in [0.1, 0.15) is 5.82 Å². The highest BCUT2D eigenvalue weighted by atomic mass is 16.5. The van der Waals surface area contributed by atoms with Crippen molar-refractivity contribution in [2.75, 3.05) is 24.2 Å². The summed E-state index contributed by atoms with van der Waals surface area (Å²) in [5.41, 5.74) is 5.51. The molecule has 1 aromatic rings. The van der Waals surface area contributed by atoms with Crippen LogP contribution in [0.25, 0.3) is 0 Å². The topological polar surface area (TPSA) is 80.4 Å². The summed E-state index contributed by atoms with van der Waals surface area (Å²) in [5, 5.41) is 13.3. The molecule has 5 heteroatoms. The van der Waals surface area contributed by atoms with E-state index in [1.807, 2.05) is 13.8 Å². The maximum atomic E-state index is 10.2. The van der Waals surface area contributed by atoms with Gasteiger partial charge in [-0.05, 0) is 38.3 Å². The van der Waals surface area contributed by atoms with Gasteiger partial charge in [0.15, 0.2) is 0 Å². The van der Waals surface area contributed by atoms with Crippen LogP contribution in [0.15, 0.2) is 12.1 Å². The highest BCUT2D eigenvalue weighted by Crippen LogP contribution is 2.22. The summed E-state index contributed by atoms with van der Waals surface area (Å²) in [7, 11) is 0. The minimum atomic E-state index is -0.761. The van der Waals surface area contributed by atoms with E-state index in [1.54, 1.807) is 12.1 Å². The molecule has 1 aromatic heterocycles. The third-order valence-electron chi connectivity index (χ3n) is 2.67. The van der Waals surface area contributed by atoms with E-state index in [0.29, 0.717) is 36.5 Å². The number of ether oxygens (including phenoxy) is 1. The van der Waals surface area contributed by atoms with Gasteiger partial charge in [-0.3, -0.25) is 0 Å². The Hall–Kier alpha value is -1.49. The van der Waals surface area contributed by atoms with Crippen LogP contribution in [0.3, 0.4) is 0 Å². The number of aromatic nitrogens is 1. The van der Waals surface area contributed by atoms with Crippen LogP contribution in [0, 0.1) is 5.92 Å². The minimum absolute atomic E-state index is 0.427. The van der Waals surface area contributed by atoms with Gasteiger partial charge in [0, 0.05) is 6.54 Å². The van der Waals surface area contributed by atoms with Crippen molar-refractivity contribution in [1.82, 2.24) is 4.98 Å². The number of nitrogens with zero attached hydrogens (tertiary/aromatic N) is 1. The van der Waals surface area contributed by atoms with Crippen molar-refractivity contribution in [3.8, 4) is 5.88 Å². The SMILES string of the molecule is CCOc1nc(NCC(C)(O)CC(C)C)ccc1N. The molecule has 0 aliphatic carbocycles. The molecule has 1 atom stereocenters. The molecule has 5 nitrogen and oxygen atoms in total. The lowest BCUT2D eigenvalue weighted by Gasteiger charge is -2.26. The first-order chi connectivity index (χ1) is 8.84. The maximum absolute atomic E-state index is 10.2. The molecule has 0 fully saturated rings. The predicted octanol–water partition coefficient (Wildman–Crippen LogP) is 2.27. The maximum Gasteiger partial charge on any atom is 0.239 e. The Kier molecular flexibility index (Phi) is 5.42. The van der Waals surface area contributed by atoms with E-state index in [2.05, 4.69) is 24.1 Å². The molecule has 0 bridgehead atoms. The van der Waals surface area contributed by atoms with Gasteiger partial charge in [-0.25, -0.2) is 0 Å². The van der Waals surface area contributed by atoms with Crippen molar-refractivity contribution in [1.29, 1.82) is 0 Å². The number of anilines is 2. The normalized spacial score (nSPS) is 14.2. The van der Waals surface area contributed by atoms with Gasteiger partial charge in [-0.1, -0.05) is 13.8 Å². The highest BCUT2D eigenvalue weighted by Gasteiger charge is 2.21. The highest BCUT2D eigenvalue weighted by molar-refractivity contribution is 5.53. The number of hydrogen-bond acceptors (Lipinski definition) is 5. The molecule has 4 N–H and O–H groups in total. The Morgan fingerprint density at radius 3 is 2.74 bits per heavy atom. The van der Waals surface area contributed by atoms with Crippen molar-refractivity contribution in [2.24, 2.45) is 5.92 Å². The molecule has 0 saturated heterocycles. The predicted molar refractivity (Wildman–Crippen MR) is 78.4 cm³/mol. The second-order valence-electron chi connectivity index (χ2n) is 5.47. The summed E-state index contributed by atoms with van der Waals surface area (Å²) in [4.78, 5) is 4.27. The smallest absolute Gasteiger partial charge is 0.239 e.